The molecule has 7 rings (SSSR count). The molecule has 10 heteroatoms. The molecule has 1 aliphatic carbocycles. The average Bonchev–Trinajstić information content (AvgIpc) is 3.60. The summed E-state index contributed by atoms with van der Waals surface area (Å²) in [6.07, 6.45) is 6.15. The molecule has 0 bridgehead atoms. The second kappa shape index (κ2) is 12.2. The summed E-state index contributed by atoms with van der Waals surface area (Å²) in [4.78, 5) is 45.6. The molecule has 0 spiro atoms. The number of imide groups is 1. The molecule has 2 saturated heterocycles. The minimum Gasteiger partial charge on any atom is -0.489 e. The monoisotopic (exact) mass is 598 g/mol. The highest BCUT2D eigenvalue weighted by atomic mass is 16.5. The van der Waals surface area contributed by atoms with E-state index in [4.69, 9.17) is 19.2 Å². The molecule has 10 nitrogen and oxygen atoms in total. The van der Waals surface area contributed by atoms with Gasteiger partial charge in [-0.3, -0.25) is 24.6 Å². The van der Waals surface area contributed by atoms with E-state index < -0.39 is 11.9 Å². The van der Waals surface area contributed by atoms with Crippen molar-refractivity contribution >= 4 is 28.6 Å². The highest BCUT2D eigenvalue weighted by molar-refractivity contribution is 6.05. The molecular weight excluding hydrogens is 560 g/mol. The Kier molecular flexibility index (Phi) is 7.95. The smallest absolute Gasteiger partial charge is 0.255 e. The van der Waals surface area contributed by atoms with Crippen molar-refractivity contribution in [2.24, 2.45) is 0 Å². The second-order valence-corrected chi connectivity index (χ2v) is 12.4. The number of ether oxygens (including phenoxy) is 3. The fraction of sp³-hybridized carbons (Fsp3) is 0.471. The number of hydrogen-bond acceptors (Lipinski definition) is 8. The molecule has 2 atom stereocenters. The summed E-state index contributed by atoms with van der Waals surface area (Å²) in [6.45, 7) is 2.92. The Hall–Kier alpha value is -4.02. The van der Waals surface area contributed by atoms with E-state index >= 15 is 0 Å². The first-order chi connectivity index (χ1) is 21.4. The van der Waals surface area contributed by atoms with Gasteiger partial charge in [-0.2, -0.15) is 0 Å². The second-order valence-electron chi connectivity index (χ2n) is 12.4. The molecule has 3 aliphatic heterocycles. The number of aromatic nitrogens is 1. The molecule has 2 aromatic carbocycles. The number of likely N-dealkylation sites (tertiary alicyclic amines) is 1. The van der Waals surface area contributed by atoms with Crippen LogP contribution in [0.3, 0.4) is 0 Å². The van der Waals surface area contributed by atoms with Gasteiger partial charge in [-0.05, 0) is 86.1 Å². The highest BCUT2D eigenvalue weighted by Crippen LogP contribution is 2.32. The third-order valence-corrected chi connectivity index (χ3v) is 9.40. The number of carbonyl (C=O) groups is 3. The summed E-state index contributed by atoms with van der Waals surface area (Å²) in [5, 5.41) is 3.45. The molecule has 3 aromatic rings. The molecule has 1 aromatic heterocycles. The van der Waals surface area contributed by atoms with Gasteiger partial charge in [0.1, 0.15) is 24.0 Å². The summed E-state index contributed by atoms with van der Waals surface area (Å²) in [6, 6.07) is 15.4. The molecule has 3 amide bonds. The fourth-order valence-electron chi connectivity index (χ4n) is 6.99. The van der Waals surface area contributed by atoms with Gasteiger partial charge in [-0.15, -0.1) is 0 Å². The summed E-state index contributed by atoms with van der Waals surface area (Å²) in [7, 11) is 1.78. The van der Waals surface area contributed by atoms with Crippen LogP contribution in [0.25, 0.3) is 10.9 Å². The number of amides is 3. The maximum Gasteiger partial charge on any atom is 0.255 e. The zero-order valence-electron chi connectivity index (χ0n) is 25.0. The highest BCUT2D eigenvalue weighted by Gasteiger charge is 2.39. The van der Waals surface area contributed by atoms with Gasteiger partial charge in [0.2, 0.25) is 17.7 Å². The first-order valence-electron chi connectivity index (χ1n) is 15.7. The van der Waals surface area contributed by atoms with Crippen molar-refractivity contribution in [2.45, 2.75) is 82.4 Å². The Bertz CT molecular complexity index is 1590. The minimum atomic E-state index is -0.618. The van der Waals surface area contributed by atoms with E-state index in [-0.39, 0.29) is 30.4 Å². The van der Waals surface area contributed by atoms with Crippen LogP contribution in [0.4, 0.5) is 0 Å². The standard InChI is InChI=1S/C34H38N4O6/c1-42-24-4-6-25(7-5-24)44-32-13-3-22-16-21(2-10-29(22)35-32)18-37-15-14-27(20-37)43-26-8-9-28-23(17-26)19-38(34(28)41)30-11-12-31(39)36-33(30)40/h2-3,8-10,13,16-17,24-25,27,30H,4-7,11-12,14-15,18-20H2,1H3,(H,36,39,40)/t24?,25?,27-,30-/m0/s1. The van der Waals surface area contributed by atoms with Crippen LogP contribution >= 0.6 is 0 Å². The number of nitrogens with zero attached hydrogens (tertiary/aromatic N) is 3. The summed E-state index contributed by atoms with van der Waals surface area (Å²) >= 11 is 0. The lowest BCUT2D eigenvalue weighted by atomic mass is 9.95. The van der Waals surface area contributed by atoms with Crippen molar-refractivity contribution in [3.63, 3.8) is 0 Å². The number of hydrogen-bond donors (Lipinski definition) is 1. The first-order valence-corrected chi connectivity index (χ1v) is 15.7. The van der Waals surface area contributed by atoms with E-state index in [1.807, 2.05) is 18.2 Å². The number of carbonyl (C=O) groups excluding carboxylic acids is 3. The third-order valence-electron chi connectivity index (χ3n) is 9.40. The largest absolute Gasteiger partial charge is 0.489 e. The summed E-state index contributed by atoms with van der Waals surface area (Å²) < 4.78 is 18.0. The molecule has 1 N–H and O–H groups in total. The Morgan fingerprint density at radius 3 is 2.55 bits per heavy atom. The topological polar surface area (TPSA) is 110 Å². The van der Waals surface area contributed by atoms with Crippen LogP contribution in [0.5, 0.6) is 11.6 Å². The lowest BCUT2D eigenvalue weighted by Crippen LogP contribution is -2.52. The third kappa shape index (κ3) is 6.01. The van der Waals surface area contributed by atoms with Crippen molar-refractivity contribution in [3.8, 4) is 11.6 Å². The lowest BCUT2D eigenvalue weighted by molar-refractivity contribution is -0.136. The van der Waals surface area contributed by atoms with Crippen LogP contribution in [0.1, 0.15) is 66.4 Å². The molecule has 4 aliphatic rings. The molecule has 3 fully saturated rings. The predicted molar refractivity (Wildman–Crippen MR) is 162 cm³/mol. The lowest BCUT2D eigenvalue weighted by Gasteiger charge is -2.29. The Labute approximate surface area is 256 Å². The van der Waals surface area contributed by atoms with Crippen molar-refractivity contribution in [1.29, 1.82) is 0 Å². The van der Waals surface area contributed by atoms with Gasteiger partial charge < -0.3 is 19.1 Å². The van der Waals surface area contributed by atoms with Gasteiger partial charge in [0, 0.05) is 56.7 Å². The normalized spacial score (nSPS) is 25.8. The van der Waals surface area contributed by atoms with Crippen molar-refractivity contribution in [2.75, 3.05) is 20.2 Å². The number of methoxy groups -OCH3 is 1. The number of fused-ring (bicyclic) bond motifs is 2. The Balaban J connectivity index is 0.927. The molecule has 44 heavy (non-hydrogen) atoms. The molecule has 1 saturated carbocycles. The van der Waals surface area contributed by atoms with Crippen LogP contribution in [-0.4, -0.2) is 77.1 Å². The molecule has 4 heterocycles. The van der Waals surface area contributed by atoms with Gasteiger partial charge >= 0.3 is 0 Å². The number of nitrogens with one attached hydrogen (secondary N) is 1. The van der Waals surface area contributed by atoms with Crippen LogP contribution < -0.4 is 14.8 Å². The van der Waals surface area contributed by atoms with E-state index in [1.54, 1.807) is 18.1 Å². The van der Waals surface area contributed by atoms with Gasteiger partial charge in [0.05, 0.1) is 11.6 Å². The fourth-order valence-corrected chi connectivity index (χ4v) is 6.99. The van der Waals surface area contributed by atoms with Crippen LogP contribution in [0.15, 0.2) is 48.5 Å². The summed E-state index contributed by atoms with van der Waals surface area (Å²) in [5.41, 5.74) is 3.61. The van der Waals surface area contributed by atoms with Crippen LogP contribution in [0, 0.1) is 0 Å². The zero-order valence-corrected chi connectivity index (χ0v) is 25.0. The van der Waals surface area contributed by atoms with E-state index in [2.05, 4.69) is 34.5 Å². The maximum absolute atomic E-state index is 13.0. The molecule has 0 unspecified atom stereocenters. The zero-order chi connectivity index (χ0) is 30.2. The maximum atomic E-state index is 13.0. The number of pyridine rings is 1. The van der Waals surface area contributed by atoms with Gasteiger partial charge in [0.15, 0.2) is 0 Å². The van der Waals surface area contributed by atoms with E-state index in [0.717, 1.165) is 74.0 Å². The SMILES string of the molecule is COC1CCC(Oc2ccc3cc(CN4CC[C@H](Oc5ccc6c(c5)CN([C@H]5CCC(=O)NC5=O)C6=O)C4)ccc3n2)CC1. The van der Waals surface area contributed by atoms with E-state index in [0.29, 0.717) is 30.5 Å². The van der Waals surface area contributed by atoms with Gasteiger partial charge in [-0.25, -0.2) is 4.98 Å². The van der Waals surface area contributed by atoms with Crippen LogP contribution in [0.2, 0.25) is 0 Å². The van der Waals surface area contributed by atoms with Gasteiger partial charge in [0.25, 0.3) is 5.91 Å². The average molecular weight is 599 g/mol. The van der Waals surface area contributed by atoms with E-state index in [1.165, 1.54) is 5.56 Å². The number of benzene rings is 2. The molecule has 0 radical (unpaired) electrons. The molecular formula is C34H38N4O6. The quantitative estimate of drug-likeness (QED) is 0.388. The Morgan fingerprint density at radius 1 is 0.886 bits per heavy atom. The van der Waals surface area contributed by atoms with Crippen molar-refractivity contribution in [1.82, 2.24) is 20.1 Å². The number of piperidine rings is 1. The van der Waals surface area contributed by atoms with Gasteiger partial charge in [-0.1, -0.05) is 6.07 Å². The van der Waals surface area contributed by atoms with E-state index in [9.17, 15) is 14.4 Å². The molecule has 230 valence electrons. The van der Waals surface area contributed by atoms with Crippen molar-refractivity contribution < 1.29 is 28.6 Å². The van der Waals surface area contributed by atoms with Crippen LogP contribution in [-0.2, 0) is 27.4 Å². The predicted octanol–water partition coefficient (Wildman–Crippen LogP) is 3.99. The first kappa shape index (κ1) is 28.7. The minimum absolute atomic E-state index is 0.0529. The van der Waals surface area contributed by atoms with Crippen molar-refractivity contribution in [3.05, 3.63) is 65.2 Å². The Morgan fingerprint density at radius 2 is 1.73 bits per heavy atom. The number of rotatable bonds is 8. The summed E-state index contributed by atoms with van der Waals surface area (Å²) in [5.74, 6) is 0.555.